The molecule has 3 aromatic heterocycles. The van der Waals surface area contributed by atoms with Gasteiger partial charge in [0.2, 0.25) is 0 Å². The van der Waals surface area contributed by atoms with Gasteiger partial charge in [-0.25, -0.2) is 4.98 Å². The van der Waals surface area contributed by atoms with Crippen molar-refractivity contribution in [1.29, 1.82) is 5.26 Å². The first-order valence-electron chi connectivity index (χ1n) is 7.79. The zero-order chi connectivity index (χ0) is 17.4. The smallest absolute Gasteiger partial charge is 0.195 e. The molecule has 25 heavy (non-hydrogen) atoms. The number of nitriles is 1. The van der Waals surface area contributed by atoms with Crippen LogP contribution in [-0.4, -0.2) is 16.5 Å². The summed E-state index contributed by atoms with van der Waals surface area (Å²) >= 11 is 1.61. The third-order valence-corrected chi connectivity index (χ3v) is 5.06. The molecule has 0 aliphatic rings. The Kier molecular flexibility index (Phi) is 3.79. The maximum atomic E-state index is 9.32. The molecule has 1 aromatic carbocycles. The Morgan fingerprint density at radius 1 is 1.28 bits per heavy atom. The molecule has 0 bridgehead atoms. The van der Waals surface area contributed by atoms with Gasteiger partial charge in [0.1, 0.15) is 11.4 Å². The summed E-state index contributed by atoms with van der Waals surface area (Å²) in [5, 5.41) is 9.32. The summed E-state index contributed by atoms with van der Waals surface area (Å²) in [7, 11) is 1.65. The van der Waals surface area contributed by atoms with Crippen LogP contribution < -0.4 is 4.74 Å². The molecule has 0 spiro atoms. The lowest BCUT2D eigenvalue weighted by molar-refractivity contribution is 0.415. The molecule has 4 rings (SSSR count). The number of rotatable bonds is 4. The molecule has 0 unspecified atom stereocenters. The van der Waals surface area contributed by atoms with E-state index in [1.807, 2.05) is 36.4 Å². The number of ether oxygens (including phenoxy) is 1. The molecule has 0 atom stereocenters. The van der Waals surface area contributed by atoms with Crippen LogP contribution in [-0.2, 0) is 6.42 Å². The fraction of sp³-hybridized carbons (Fsp3) is 0.158. The predicted molar refractivity (Wildman–Crippen MR) is 96.8 cm³/mol. The van der Waals surface area contributed by atoms with Gasteiger partial charge in [-0.15, -0.1) is 11.3 Å². The minimum atomic E-state index is 0.260. The van der Waals surface area contributed by atoms with Gasteiger partial charge in [-0.2, -0.15) is 5.26 Å². The number of hydrogen-bond acceptors (Lipinski definition) is 5. The van der Waals surface area contributed by atoms with Gasteiger partial charge in [0.05, 0.1) is 37.3 Å². The minimum Gasteiger partial charge on any atom is -0.497 e. The van der Waals surface area contributed by atoms with E-state index in [0.717, 1.165) is 38.2 Å². The molecule has 0 amide bonds. The van der Waals surface area contributed by atoms with Gasteiger partial charge < -0.3 is 9.15 Å². The largest absolute Gasteiger partial charge is 0.497 e. The lowest BCUT2D eigenvalue weighted by Gasteiger charge is -2.07. The number of nitrogens with zero attached hydrogens (tertiary/aromatic N) is 3. The SMILES string of the molecule is COc1ccc(-c2c(C)sc3nc(-c4ccco4)c(CC#N)n23)cc1. The predicted octanol–water partition coefficient (Wildman–Crippen LogP) is 4.71. The summed E-state index contributed by atoms with van der Waals surface area (Å²) < 4.78 is 12.8. The van der Waals surface area contributed by atoms with Crippen molar-refractivity contribution in [3.8, 4) is 34.5 Å². The van der Waals surface area contributed by atoms with Crippen molar-refractivity contribution >= 4 is 16.3 Å². The fourth-order valence-electron chi connectivity index (χ4n) is 3.00. The quantitative estimate of drug-likeness (QED) is 0.535. The van der Waals surface area contributed by atoms with E-state index in [1.54, 1.807) is 24.7 Å². The van der Waals surface area contributed by atoms with E-state index < -0.39 is 0 Å². The van der Waals surface area contributed by atoms with E-state index in [4.69, 9.17) is 14.1 Å². The molecule has 3 heterocycles. The lowest BCUT2D eigenvalue weighted by atomic mass is 10.1. The number of imidazole rings is 1. The van der Waals surface area contributed by atoms with Crippen molar-refractivity contribution in [3.05, 3.63) is 53.2 Å². The highest BCUT2D eigenvalue weighted by molar-refractivity contribution is 7.17. The molecule has 0 N–H and O–H groups in total. The second-order valence-corrected chi connectivity index (χ2v) is 6.75. The fourth-order valence-corrected chi connectivity index (χ4v) is 4.01. The Labute approximate surface area is 148 Å². The lowest BCUT2D eigenvalue weighted by Crippen LogP contribution is -1.96. The molecular formula is C19H15N3O2S. The van der Waals surface area contributed by atoms with Gasteiger partial charge >= 0.3 is 0 Å². The number of furan rings is 1. The van der Waals surface area contributed by atoms with Gasteiger partial charge in [0.15, 0.2) is 10.7 Å². The molecule has 6 heteroatoms. The summed E-state index contributed by atoms with van der Waals surface area (Å²) in [5.41, 5.74) is 3.69. The minimum absolute atomic E-state index is 0.260. The van der Waals surface area contributed by atoms with Gasteiger partial charge in [-0.3, -0.25) is 4.40 Å². The number of hydrogen-bond donors (Lipinski definition) is 0. The first-order chi connectivity index (χ1) is 12.2. The Morgan fingerprint density at radius 3 is 2.72 bits per heavy atom. The molecule has 0 fully saturated rings. The number of aryl methyl sites for hydroxylation is 1. The number of methoxy groups -OCH3 is 1. The standard InChI is InChI=1S/C19H15N3O2S/c1-12-18(13-5-7-14(23-2)8-6-13)22-15(9-10-20)17(21-19(22)25-12)16-4-3-11-24-16/h3-8,11H,9H2,1-2H3. The number of aromatic nitrogens is 2. The van der Waals surface area contributed by atoms with Crippen LogP contribution in [0.15, 0.2) is 47.1 Å². The van der Waals surface area contributed by atoms with Gasteiger partial charge in [0, 0.05) is 4.88 Å². The van der Waals surface area contributed by atoms with Crippen LogP contribution >= 0.6 is 11.3 Å². The molecule has 0 radical (unpaired) electrons. The topological polar surface area (TPSA) is 63.5 Å². The van der Waals surface area contributed by atoms with E-state index in [2.05, 4.69) is 17.4 Å². The molecular weight excluding hydrogens is 334 g/mol. The average molecular weight is 349 g/mol. The molecule has 0 saturated heterocycles. The van der Waals surface area contributed by atoms with Crippen LogP contribution in [0.2, 0.25) is 0 Å². The molecule has 0 aliphatic carbocycles. The monoisotopic (exact) mass is 349 g/mol. The number of thiazole rings is 1. The second kappa shape index (κ2) is 6.11. The molecule has 124 valence electrons. The Bertz CT molecular complexity index is 1070. The molecule has 0 saturated carbocycles. The maximum absolute atomic E-state index is 9.32. The maximum Gasteiger partial charge on any atom is 0.195 e. The molecule has 4 aromatic rings. The van der Waals surface area contributed by atoms with E-state index in [9.17, 15) is 5.26 Å². The Hall–Kier alpha value is -3.04. The average Bonchev–Trinajstić information content (AvgIpc) is 3.32. The van der Waals surface area contributed by atoms with Gasteiger partial charge in [-0.05, 0) is 48.9 Å². The highest BCUT2D eigenvalue weighted by atomic mass is 32.1. The van der Waals surface area contributed by atoms with Gasteiger partial charge in [0.25, 0.3) is 0 Å². The first-order valence-corrected chi connectivity index (χ1v) is 8.60. The van der Waals surface area contributed by atoms with E-state index >= 15 is 0 Å². The van der Waals surface area contributed by atoms with Crippen molar-refractivity contribution in [2.24, 2.45) is 0 Å². The molecule has 5 nitrogen and oxygen atoms in total. The summed E-state index contributed by atoms with van der Waals surface area (Å²) in [6.45, 7) is 2.07. The summed E-state index contributed by atoms with van der Waals surface area (Å²) in [4.78, 5) is 6.74. The zero-order valence-corrected chi connectivity index (χ0v) is 14.6. The number of fused-ring (bicyclic) bond motifs is 1. The van der Waals surface area contributed by atoms with Crippen LogP contribution in [0, 0.1) is 18.3 Å². The van der Waals surface area contributed by atoms with Crippen molar-refractivity contribution in [1.82, 2.24) is 9.38 Å². The van der Waals surface area contributed by atoms with Crippen LogP contribution in [0.3, 0.4) is 0 Å². The van der Waals surface area contributed by atoms with Gasteiger partial charge in [-0.1, -0.05) is 0 Å². The van der Waals surface area contributed by atoms with Crippen molar-refractivity contribution in [3.63, 3.8) is 0 Å². The van der Waals surface area contributed by atoms with E-state index in [1.165, 1.54) is 0 Å². The highest BCUT2D eigenvalue weighted by Gasteiger charge is 2.22. The Morgan fingerprint density at radius 2 is 2.08 bits per heavy atom. The van der Waals surface area contributed by atoms with Crippen molar-refractivity contribution in [2.75, 3.05) is 7.11 Å². The van der Waals surface area contributed by atoms with Crippen LogP contribution in [0.1, 0.15) is 10.6 Å². The third kappa shape index (κ3) is 2.49. The van der Waals surface area contributed by atoms with Crippen LogP contribution in [0.5, 0.6) is 5.75 Å². The summed E-state index contributed by atoms with van der Waals surface area (Å²) in [5.74, 6) is 1.49. The normalized spacial score (nSPS) is 10.9. The van der Waals surface area contributed by atoms with E-state index in [0.29, 0.717) is 5.76 Å². The highest BCUT2D eigenvalue weighted by Crippen LogP contribution is 2.36. The third-order valence-electron chi connectivity index (χ3n) is 4.11. The summed E-state index contributed by atoms with van der Waals surface area (Å²) in [6.07, 6.45) is 1.88. The zero-order valence-electron chi connectivity index (χ0n) is 13.8. The van der Waals surface area contributed by atoms with Crippen molar-refractivity contribution in [2.45, 2.75) is 13.3 Å². The van der Waals surface area contributed by atoms with Crippen LogP contribution in [0.25, 0.3) is 27.7 Å². The first kappa shape index (κ1) is 15.5. The van der Waals surface area contributed by atoms with Crippen LogP contribution in [0.4, 0.5) is 0 Å². The number of benzene rings is 1. The Balaban J connectivity index is 1.98. The second-order valence-electron chi connectivity index (χ2n) is 5.57. The van der Waals surface area contributed by atoms with E-state index in [-0.39, 0.29) is 6.42 Å². The molecule has 0 aliphatic heterocycles. The summed E-state index contributed by atoms with van der Waals surface area (Å²) in [6, 6.07) is 13.9. The van der Waals surface area contributed by atoms with Crippen molar-refractivity contribution < 1.29 is 9.15 Å².